The summed E-state index contributed by atoms with van der Waals surface area (Å²) >= 11 is 0. The second-order valence-electron chi connectivity index (χ2n) is 10.1. The average Bonchev–Trinajstić information content (AvgIpc) is 2.81. The number of nitrogens with one attached hydrogen (secondary N) is 3. The first-order valence-corrected chi connectivity index (χ1v) is 12.2. The summed E-state index contributed by atoms with van der Waals surface area (Å²) in [6.07, 6.45) is 0.654. The molecule has 0 fully saturated rings. The summed E-state index contributed by atoms with van der Waals surface area (Å²) in [7, 11) is 1.48. The van der Waals surface area contributed by atoms with Crippen molar-refractivity contribution in [3.05, 3.63) is 65.7 Å². The van der Waals surface area contributed by atoms with E-state index in [0.29, 0.717) is 18.8 Å². The maximum atomic E-state index is 13.1. The van der Waals surface area contributed by atoms with Crippen LogP contribution in [0.25, 0.3) is 0 Å². The van der Waals surface area contributed by atoms with Crippen molar-refractivity contribution in [3.63, 3.8) is 0 Å². The normalized spacial score (nSPS) is 12.9. The van der Waals surface area contributed by atoms with Gasteiger partial charge in [0, 0.05) is 13.5 Å². The number of benzene rings is 2. The lowest BCUT2D eigenvalue weighted by Gasteiger charge is -2.27. The fourth-order valence-corrected chi connectivity index (χ4v) is 3.47. The molecule has 8 nitrogen and oxygen atoms in total. The molecule has 0 heterocycles. The molecule has 0 radical (unpaired) electrons. The zero-order valence-corrected chi connectivity index (χ0v) is 22.1. The fraction of sp³-hybridized carbons (Fsp3) is 0.464. The van der Waals surface area contributed by atoms with E-state index >= 15 is 0 Å². The molecule has 0 spiro atoms. The van der Waals surface area contributed by atoms with E-state index < -0.39 is 35.6 Å². The maximum absolute atomic E-state index is 13.1. The van der Waals surface area contributed by atoms with Gasteiger partial charge in [-0.3, -0.25) is 4.79 Å². The van der Waals surface area contributed by atoms with Crippen molar-refractivity contribution in [3.8, 4) is 5.75 Å². The van der Waals surface area contributed by atoms with Crippen LogP contribution in [0.3, 0.4) is 0 Å². The van der Waals surface area contributed by atoms with Gasteiger partial charge in [0.2, 0.25) is 5.91 Å². The number of hydrogen-bond acceptors (Lipinski definition) is 5. The lowest BCUT2D eigenvalue weighted by atomic mass is 10.0. The molecule has 0 saturated heterocycles. The lowest BCUT2D eigenvalue weighted by molar-refractivity contribution is -0.158. The molecule has 8 heteroatoms. The monoisotopic (exact) mass is 497 g/mol. The summed E-state index contributed by atoms with van der Waals surface area (Å²) < 4.78 is 11.4. The Kier molecular flexibility index (Phi) is 10.8. The lowest BCUT2D eigenvalue weighted by Crippen LogP contribution is -2.54. The number of hydrogen-bond donors (Lipinski definition) is 3. The Hall–Kier alpha value is -3.55. The quantitative estimate of drug-likeness (QED) is 0.407. The SMILES string of the molecule is CNC(=O)N[C@@H](CC(C)C)C(=O)N[C@@H](Cc1ccc(OCc2ccccc2)cc1)C(=O)OC(C)(C)C. The van der Waals surface area contributed by atoms with E-state index in [1.165, 1.54) is 7.05 Å². The average molecular weight is 498 g/mol. The molecule has 0 unspecified atom stereocenters. The highest BCUT2D eigenvalue weighted by molar-refractivity contribution is 5.90. The predicted molar refractivity (Wildman–Crippen MR) is 140 cm³/mol. The molecule has 3 N–H and O–H groups in total. The molecule has 2 aromatic carbocycles. The molecule has 2 atom stereocenters. The number of ether oxygens (including phenoxy) is 2. The highest BCUT2D eigenvalue weighted by Crippen LogP contribution is 2.17. The zero-order valence-electron chi connectivity index (χ0n) is 22.1. The minimum atomic E-state index is -0.922. The number of rotatable bonds is 11. The van der Waals surface area contributed by atoms with Gasteiger partial charge < -0.3 is 25.4 Å². The van der Waals surface area contributed by atoms with E-state index in [-0.39, 0.29) is 12.3 Å². The van der Waals surface area contributed by atoms with Crippen molar-refractivity contribution >= 4 is 17.9 Å². The second-order valence-corrected chi connectivity index (χ2v) is 10.1. The largest absolute Gasteiger partial charge is 0.489 e. The summed E-state index contributed by atoms with van der Waals surface area (Å²) in [6.45, 7) is 9.69. The Bertz CT molecular complexity index is 984. The number of carbonyl (C=O) groups excluding carboxylic acids is 3. The molecule has 0 saturated carbocycles. The van der Waals surface area contributed by atoms with Gasteiger partial charge >= 0.3 is 12.0 Å². The molecular formula is C28H39N3O5. The molecule has 0 aliphatic carbocycles. The van der Waals surface area contributed by atoms with Gasteiger partial charge in [0.25, 0.3) is 0 Å². The first-order valence-electron chi connectivity index (χ1n) is 12.2. The molecule has 0 aliphatic heterocycles. The molecule has 0 aromatic heterocycles. The Balaban J connectivity index is 2.13. The topological polar surface area (TPSA) is 106 Å². The van der Waals surface area contributed by atoms with Crippen LogP contribution in [0, 0.1) is 5.92 Å². The van der Waals surface area contributed by atoms with Crippen molar-refractivity contribution in [2.24, 2.45) is 5.92 Å². The van der Waals surface area contributed by atoms with Crippen molar-refractivity contribution < 1.29 is 23.9 Å². The predicted octanol–water partition coefficient (Wildman–Crippen LogP) is 3.98. The van der Waals surface area contributed by atoms with Crippen molar-refractivity contribution in [1.82, 2.24) is 16.0 Å². The Morgan fingerprint density at radius 1 is 0.861 bits per heavy atom. The summed E-state index contributed by atoms with van der Waals surface area (Å²) in [5, 5.41) is 7.92. The van der Waals surface area contributed by atoms with Crippen LogP contribution in [0.15, 0.2) is 54.6 Å². The van der Waals surface area contributed by atoms with Gasteiger partial charge in [0.1, 0.15) is 30.0 Å². The van der Waals surface area contributed by atoms with E-state index in [4.69, 9.17) is 9.47 Å². The first kappa shape index (κ1) is 28.7. The molecule has 36 heavy (non-hydrogen) atoms. The third-order valence-electron chi connectivity index (χ3n) is 5.18. The smallest absolute Gasteiger partial charge is 0.329 e. The molecule has 2 aromatic rings. The van der Waals surface area contributed by atoms with Crippen molar-refractivity contribution in [2.75, 3.05) is 7.05 Å². The first-order chi connectivity index (χ1) is 17.0. The number of esters is 1. The molecule has 0 bridgehead atoms. The summed E-state index contributed by atoms with van der Waals surface area (Å²) in [5.41, 5.74) is 1.18. The van der Waals surface area contributed by atoms with Gasteiger partial charge in [-0.2, -0.15) is 0 Å². The third-order valence-corrected chi connectivity index (χ3v) is 5.18. The van der Waals surface area contributed by atoms with Crippen LogP contribution in [0.2, 0.25) is 0 Å². The Morgan fingerprint density at radius 2 is 1.50 bits per heavy atom. The summed E-state index contributed by atoms with van der Waals surface area (Å²) in [4.78, 5) is 38.0. The highest BCUT2D eigenvalue weighted by Gasteiger charge is 2.30. The van der Waals surface area contributed by atoms with E-state index in [0.717, 1.165) is 11.1 Å². The van der Waals surface area contributed by atoms with Gasteiger partial charge in [-0.25, -0.2) is 9.59 Å². The number of carbonyl (C=O) groups is 3. The minimum Gasteiger partial charge on any atom is -0.489 e. The Labute approximate surface area is 214 Å². The number of urea groups is 1. The number of amides is 3. The van der Waals surface area contributed by atoms with Gasteiger partial charge in [0.15, 0.2) is 0 Å². The van der Waals surface area contributed by atoms with Crippen molar-refractivity contribution in [1.29, 1.82) is 0 Å². The molecule has 0 aliphatic rings. The van der Waals surface area contributed by atoms with Crippen LogP contribution in [-0.4, -0.2) is 42.6 Å². The summed E-state index contributed by atoms with van der Waals surface area (Å²) in [6, 6.07) is 15.1. The van der Waals surface area contributed by atoms with Gasteiger partial charge in [-0.05, 0) is 56.4 Å². The Morgan fingerprint density at radius 3 is 2.06 bits per heavy atom. The van der Waals surface area contributed by atoms with Crippen LogP contribution >= 0.6 is 0 Å². The van der Waals surface area contributed by atoms with Crippen molar-refractivity contribution in [2.45, 2.75) is 71.8 Å². The maximum Gasteiger partial charge on any atom is 0.329 e. The van der Waals surface area contributed by atoms with E-state index in [1.54, 1.807) is 20.8 Å². The van der Waals surface area contributed by atoms with Crippen LogP contribution < -0.4 is 20.7 Å². The molecule has 3 amide bonds. The van der Waals surface area contributed by atoms with E-state index in [9.17, 15) is 14.4 Å². The zero-order chi connectivity index (χ0) is 26.7. The van der Waals surface area contributed by atoms with Gasteiger partial charge in [0.05, 0.1) is 0 Å². The van der Waals surface area contributed by atoms with Crippen LogP contribution in [0.4, 0.5) is 4.79 Å². The second kappa shape index (κ2) is 13.5. The minimum absolute atomic E-state index is 0.154. The standard InChI is InChI=1S/C28H39N3O5/c1-19(2)16-23(31-27(34)29-6)25(32)30-24(26(33)36-28(3,4)5)17-20-12-14-22(15-13-20)35-18-21-10-8-7-9-11-21/h7-15,19,23-24H,16-18H2,1-6H3,(H,30,32)(H2,29,31,34)/t23-,24-/m0/s1. The fourth-order valence-electron chi connectivity index (χ4n) is 3.47. The molecule has 196 valence electrons. The van der Waals surface area contributed by atoms with Gasteiger partial charge in [-0.1, -0.05) is 56.3 Å². The highest BCUT2D eigenvalue weighted by atomic mass is 16.6. The molecule has 2 rings (SSSR count). The van der Waals surface area contributed by atoms with Crippen LogP contribution in [0.1, 0.15) is 52.2 Å². The van der Waals surface area contributed by atoms with Gasteiger partial charge in [-0.15, -0.1) is 0 Å². The third kappa shape index (κ3) is 10.4. The van der Waals surface area contributed by atoms with E-state index in [1.807, 2.05) is 68.4 Å². The van der Waals surface area contributed by atoms with E-state index in [2.05, 4.69) is 16.0 Å². The molecular weight excluding hydrogens is 458 g/mol. The summed E-state index contributed by atoms with van der Waals surface area (Å²) in [5.74, 6) is -0.122. The van der Waals surface area contributed by atoms with Crippen LogP contribution in [0.5, 0.6) is 5.75 Å². The van der Waals surface area contributed by atoms with Crippen LogP contribution in [-0.2, 0) is 27.4 Å².